The van der Waals surface area contributed by atoms with Crippen molar-refractivity contribution in [3.63, 3.8) is 0 Å². The highest BCUT2D eigenvalue weighted by Gasteiger charge is 2.26. The molecule has 3 N–H and O–H groups in total. The second kappa shape index (κ2) is 10.6. The van der Waals surface area contributed by atoms with Gasteiger partial charge in [-0.15, -0.1) is 0 Å². The second-order valence-electron chi connectivity index (χ2n) is 10.5. The number of hydrogen-bond acceptors (Lipinski definition) is 6. The molecule has 7 nitrogen and oxygen atoms in total. The van der Waals surface area contributed by atoms with Crippen LogP contribution < -0.4 is 5.32 Å². The summed E-state index contributed by atoms with van der Waals surface area (Å²) in [7, 11) is 0. The number of benzene rings is 2. The van der Waals surface area contributed by atoms with Crippen LogP contribution in [0.4, 0.5) is 16.0 Å². The number of anilines is 2. The molecule has 9 heteroatoms. The van der Waals surface area contributed by atoms with Gasteiger partial charge in [0.05, 0.1) is 23.5 Å². The van der Waals surface area contributed by atoms with Crippen molar-refractivity contribution in [3.8, 4) is 11.3 Å². The van der Waals surface area contributed by atoms with Crippen LogP contribution >= 0.6 is 11.6 Å². The summed E-state index contributed by atoms with van der Waals surface area (Å²) in [6, 6.07) is 11.8. The van der Waals surface area contributed by atoms with E-state index in [1.54, 1.807) is 18.5 Å². The van der Waals surface area contributed by atoms with E-state index in [-0.39, 0.29) is 12.4 Å². The Morgan fingerprint density at radius 3 is 2.84 bits per heavy atom. The number of aromatic nitrogens is 3. The van der Waals surface area contributed by atoms with Gasteiger partial charge in [-0.05, 0) is 67.1 Å². The summed E-state index contributed by atoms with van der Waals surface area (Å²) in [6.45, 7) is 6.99. The van der Waals surface area contributed by atoms with E-state index in [1.807, 2.05) is 0 Å². The Kier molecular flexibility index (Phi) is 7.05. The Morgan fingerprint density at radius 1 is 1.18 bits per heavy atom. The van der Waals surface area contributed by atoms with Gasteiger partial charge >= 0.3 is 0 Å². The quantitative estimate of drug-likeness (QED) is 0.275. The fourth-order valence-electron chi connectivity index (χ4n) is 5.51. The Balaban J connectivity index is 1.25. The van der Waals surface area contributed by atoms with Gasteiger partial charge in [-0.3, -0.25) is 9.80 Å². The van der Waals surface area contributed by atoms with Crippen molar-refractivity contribution in [1.29, 1.82) is 0 Å². The smallest absolute Gasteiger partial charge is 0.227 e. The molecule has 0 amide bonds. The van der Waals surface area contributed by atoms with Crippen molar-refractivity contribution in [2.45, 2.75) is 38.3 Å². The first-order valence-electron chi connectivity index (χ1n) is 13.2. The Morgan fingerprint density at radius 2 is 2.05 bits per heavy atom. The predicted octanol–water partition coefficient (Wildman–Crippen LogP) is 5.54. The molecule has 1 saturated carbocycles. The Bertz CT molecular complexity index is 1450. The van der Waals surface area contributed by atoms with Gasteiger partial charge in [-0.25, -0.2) is 14.4 Å². The molecule has 1 aliphatic carbocycles. The highest BCUT2D eigenvalue weighted by molar-refractivity contribution is 6.33. The standard InChI is InChI=1S/C29H32ClFN6O/c1-18-16-36(6-7-37(18)8-9-38)17-19-10-21(20-2-3-20)12-23(11-19)34-29-33-15-26(30)28(35-29)25-14-32-27-13-22(31)4-5-24(25)27/h4-5,10-15,18,20,32,38H,2-3,6-9,16-17H2,1H3,(H,33,34,35)/t18-/m0/s1. The number of nitrogens with one attached hydrogen (secondary N) is 2. The summed E-state index contributed by atoms with van der Waals surface area (Å²) >= 11 is 6.51. The maximum absolute atomic E-state index is 13.7. The molecule has 1 atom stereocenters. The van der Waals surface area contributed by atoms with E-state index in [4.69, 9.17) is 16.6 Å². The third kappa shape index (κ3) is 5.40. The zero-order valence-electron chi connectivity index (χ0n) is 21.4. The van der Waals surface area contributed by atoms with Crippen molar-refractivity contribution in [3.05, 3.63) is 70.8 Å². The maximum Gasteiger partial charge on any atom is 0.227 e. The highest BCUT2D eigenvalue weighted by Crippen LogP contribution is 2.42. The molecule has 1 saturated heterocycles. The monoisotopic (exact) mass is 534 g/mol. The van der Waals surface area contributed by atoms with Gasteiger partial charge < -0.3 is 15.4 Å². The fourth-order valence-corrected chi connectivity index (χ4v) is 5.70. The molecular weight excluding hydrogens is 503 g/mol. The van der Waals surface area contributed by atoms with Crippen LogP contribution in [0, 0.1) is 5.82 Å². The van der Waals surface area contributed by atoms with Crippen molar-refractivity contribution in [2.75, 3.05) is 38.1 Å². The van der Waals surface area contributed by atoms with Crippen LogP contribution in [-0.2, 0) is 6.54 Å². The molecule has 0 bridgehead atoms. The third-order valence-corrected chi connectivity index (χ3v) is 7.88. The van der Waals surface area contributed by atoms with Crippen molar-refractivity contribution >= 4 is 34.1 Å². The zero-order chi connectivity index (χ0) is 26.2. The van der Waals surface area contributed by atoms with Gasteiger partial charge in [0, 0.05) is 67.1 Å². The van der Waals surface area contributed by atoms with E-state index in [9.17, 15) is 9.50 Å². The number of aliphatic hydroxyl groups excluding tert-OH is 1. The largest absolute Gasteiger partial charge is 0.395 e. The SMILES string of the molecule is C[C@H]1CN(Cc2cc(Nc3ncc(Cl)c(-c4c[nH]c5cc(F)ccc45)n3)cc(C3CC3)c2)CCN1CCO. The van der Waals surface area contributed by atoms with Gasteiger partial charge in [-0.1, -0.05) is 17.7 Å². The minimum absolute atomic E-state index is 0.205. The number of halogens is 2. The molecule has 2 aromatic heterocycles. The molecule has 2 aromatic carbocycles. The first-order chi connectivity index (χ1) is 18.5. The molecule has 4 aromatic rings. The summed E-state index contributed by atoms with van der Waals surface area (Å²) in [4.78, 5) is 17.2. The lowest BCUT2D eigenvalue weighted by Crippen LogP contribution is -2.52. The van der Waals surface area contributed by atoms with E-state index < -0.39 is 0 Å². The number of nitrogens with zero attached hydrogens (tertiary/aromatic N) is 4. The molecule has 3 heterocycles. The molecule has 38 heavy (non-hydrogen) atoms. The number of hydrogen-bond donors (Lipinski definition) is 3. The lowest BCUT2D eigenvalue weighted by molar-refractivity contribution is 0.0647. The number of H-pyrrole nitrogens is 1. The van der Waals surface area contributed by atoms with Crippen LogP contribution in [0.3, 0.4) is 0 Å². The lowest BCUT2D eigenvalue weighted by Gasteiger charge is -2.39. The molecule has 0 spiro atoms. The second-order valence-corrected chi connectivity index (χ2v) is 10.9. The minimum Gasteiger partial charge on any atom is -0.395 e. The molecule has 2 aliphatic rings. The summed E-state index contributed by atoms with van der Waals surface area (Å²) < 4.78 is 13.7. The van der Waals surface area contributed by atoms with Crippen LogP contribution in [0.25, 0.3) is 22.2 Å². The van der Waals surface area contributed by atoms with Gasteiger partial charge in [0.1, 0.15) is 5.82 Å². The van der Waals surface area contributed by atoms with Gasteiger partial charge in [0.25, 0.3) is 0 Å². The van der Waals surface area contributed by atoms with Gasteiger partial charge in [0.2, 0.25) is 5.95 Å². The molecular formula is C29H32ClFN6O. The van der Waals surface area contributed by atoms with Gasteiger partial charge in [0.15, 0.2) is 0 Å². The summed E-state index contributed by atoms with van der Waals surface area (Å²) in [5, 5.41) is 14.0. The van der Waals surface area contributed by atoms with E-state index >= 15 is 0 Å². The number of aromatic amines is 1. The van der Waals surface area contributed by atoms with Crippen molar-refractivity contribution in [2.24, 2.45) is 0 Å². The third-order valence-electron chi connectivity index (χ3n) is 7.61. The lowest BCUT2D eigenvalue weighted by atomic mass is 10.0. The fraction of sp³-hybridized carbons (Fsp3) is 0.379. The molecule has 6 rings (SSSR count). The van der Waals surface area contributed by atoms with Gasteiger partial charge in [-0.2, -0.15) is 0 Å². The number of β-amino-alcohol motifs (C(OH)–C–C–N with tert-alkyl or cyclic N) is 1. The predicted molar refractivity (Wildman–Crippen MR) is 149 cm³/mol. The topological polar surface area (TPSA) is 80.3 Å². The average molecular weight is 535 g/mol. The molecule has 1 aliphatic heterocycles. The van der Waals surface area contributed by atoms with Crippen LogP contribution in [0.5, 0.6) is 0 Å². The Hall–Kier alpha value is -3.04. The van der Waals surface area contributed by atoms with E-state index in [0.717, 1.165) is 49.4 Å². The van der Waals surface area contributed by atoms with Crippen LogP contribution in [-0.4, -0.2) is 68.7 Å². The summed E-state index contributed by atoms with van der Waals surface area (Å²) in [6.07, 6.45) is 5.85. The maximum atomic E-state index is 13.7. The minimum atomic E-state index is -0.296. The average Bonchev–Trinajstić information content (AvgIpc) is 3.67. The van der Waals surface area contributed by atoms with E-state index in [2.05, 4.69) is 50.2 Å². The van der Waals surface area contributed by atoms with Crippen molar-refractivity contribution < 1.29 is 9.50 Å². The number of piperazine rings is 1. The molecule has 0 unspecified atom stereocenters. The van der Waals surface area contributed by atoms with Crippen LogP contribution in [0.1, 0.15) is 36.8 Å². The highest BCUT2D eigenvalue weighted by atomic mass is 35.5. The molecule has 0 radical (unpaired) electrons. The number of rotatable bonds is 8. The number of aliphatic hydroxyl groups is 1. The zero-order valence-corrected chi connectivity index (χ0v) is 22.2. The molecule has 2 fully saturated rings. The first kappa shape index (κ1) is 25.2. The van der Waals surface area contributed by atoms with Crippen molar-refractivity contribution in [1.82, 2.24) is 24.8 Å². The molecule has 198 valence electrons. The van der Waals surface area contributed by atoms with Crippen LogP contribution in [0.2, 0.25) is 5.02 Å². The van der Waals surface area contributed by atoms with E-state index in [1.165, 1.54) is 36.1 Å². The van der Waals surface area contributed by atoms with E-state index in [0.29, 0.717) is 34.1 Å². The van der Waals surface area contributed by atoms with Crippen LogP contribution in [0.15, 0.2) is 48.8 Å². The first-order valence-corrected chi connectivity index (χ1v) is 13.6. The normalized spacial score (nSPS) is 18.8. The number of fused-ring (bicyclic) bond motifs is 1. The summed E-state index contributed by atoms with van der Waals surface area (Å²) in [5.41, 5.74) is 5.67. The Labute approximate surface area is 226 Å². The summed E-state index contributed by atoms with van der Waals surface area (Å²) in [5.74, 6) is 0.782.